The van der Waals surface area contributed by atoms with Crippen molar-refractivity contribution in [3.05, 3.63) is 93.6 Å². The average Bonchev–Trinajstić information content (AvgIpc) is 3.14. The van der Waals surface area contributed by atoms with Gasteiger partial charge in [-0.25, -0.2) is 0 Å². The fourth-order valence-corrected chi connectivity index (χ4v) is 6.64. The second-order valence-electron chi connectivity index (χ2n) is 13.5. The van der Waals surface area contributed by atoms with E-state index in [1.807, 2.05) is 0 Å². The molecule has 6 rings (SSSR count). The lowest BCUT2D eigenvalue weighted by Crippen LogP contribution is -2.31. The number of benzene rings is 4. The van der Waals surface area contributed by atoms with Gasteiger partial charge in [0.15, 0.2) is 22.7 Å². The molecule has 318 valence electrons. The topological polar surface area (TPSA) is 241 Å². The van der Waals surface area contributed by atoms with Crippen LogP contribution in [0.25, 0.3) is 22.3 Å². The normalized spacial score (nSPS) is 14.1. The molecule has 4 aromatic carbocycles. The van der Waals surface area contributed by atoms with Crippen molar-refractivity contribution in [1.29, 1.82) is 0 Å². The first-order valence-electron chi connectivity index (χ1n) is 18.4. The standard InChI is InChI=1S/C44H34O18/c1-19(45)54-28-11-8-26(9-12-28)43-41(42(53)39-34(58-23(5)49)15-29(55-20(2)46)16-35(39)62-43)40-37(60-25(7)51)18-36(59-24(6)50)38-30(52)17-32(61-44(38)40)27-10-13-31(56-21(3)47)33(14-27)57-22(4)48/h8-18,41,43H,1-7H3. The molecule has 0 saturated carbocycles. The number of ether oxygens (including phenoxy) is 8. The van der Waals surface area contributed by atoms with E-state index in [1.54, 1.807) is 0 Å². The molecule has 1 aliphatic rings. The number of Topliss-reactive ketones (excluding diaryl/α,β-unsaturated/α-hetero) is 1. The van der Waals surface area contributed by atoms with Gasteiger partial charge >= 0.3 is 41.8 Å². The highest BCUT2D eigenvalue weighted by molar-refractivity contribution is 6.10. The maximum atomic E-state index is 15.3. The van der Waals surface area contributed by atoms with Crippen molar-refractivity contribution < 1.29 is 80.7 Å². The van der Waals surface area contributed by atoms with Gasteiger partial charge in [0.2, 0.25) is 0 Å². The van der Waals surface area contributed by atoms with E-state index >= 15 is 4.79 Å². The lowest BCUT2D eigenvalue weighted by atomic mass is 9.79. The first kappa shape index (κ1) is 43.4. The first-order chi connectivity index (χ1) is 29.3. The molecule has 0 amide bonds. The number of fused-ring (bicyclic) bond motifs is 2. The van der Waals surface area contributed by atoms with E-state index in [0.29, 0.717) is 0 Å². The molecule has 0 spiro atoms. The summed E-state index contributed by atoms with van der Waals surface area (Å²) in [6.07, 6.45) is -1.45. The van der Waals surface area contributed by atoms with E-state index in [-0.39, 0.29) is 56.8 Å². The quantitative estimate of drug-likeness (QED) is 0.115. The zero-order valence-electron chi connectivity index (χ0n) is 33.9. The number of carbonyl (C=O) groups is 8. The molecule has 62 heavy (non-hydrogen) atoms. The summed E-state index contributed by atoms with van der Waals surface area (Å²) < 4.78 is 50.4. The van der Waals surface area contributed by atoms with E-state index in [9.17, 15) is 38.4 Å². The van der Waals surface area contributed by atoms with Gasteiger partial charge in [0.25, 0.3) is 0 Å². The highest BCUT2D eigenvalue weighted by Gasteiger charge is 2.45. The maximum absolute atomic E-state index is 15.3. The van der Waals surface area contributed by atoms with E-state index in [1.165, 1.54) is 55.5 Å². The van der Waals surface area contributed by atoms with E-state index in [4.69, 9.17) is 42.3 Å². The van der Waals surface area contributed by atoms with Crippen LogP contribution < -0.4 is 43.3 Å². The van der Waals surface area contributed by atoms with Crippen LogP contribution in [0.2, 0.25) is 0 Å². The minimum Gasteiger partial charge on any atom is -0.484 e. The molecule has 1 aromatic heterocycles. The van der Waals surface area contributed by atoms with Crippen LogP contribution in [0, 0.1) is 0 Å². The van der Waals surface area contributed by atoms with Crippen LogP contribution in [-0.4, -0.2) is 47.6 Å². The molecule has 5 aromatic rings. The molecule has 0 bridgehead atoms. The SMILES string of the molecule is CC(=O)Oc1ccc(C2Oc3cc(OC(C)=O)cc(OC(C)=O)c3C(=O)C2c2c(OC(C)=O)cc(OC(C)=O)c3c(=O)cc(-c4ccc(OC(C)=O)c(OC(C)=O)c4)oc23)cc1. The Bertz CT molecular complexity index is 2800. The van der Waals surface area contributed by atoms with Crippen molar-refractivity contribution in [2.75, 3.05) is 0 Å². The number of hydrogen-bond donors (Lipinski definition) is 0. The molecule has 18 heteroatoms. The molecular weight excluding hydrogens is 816 g/mol. The third kappa shape index (κ3) is 9.49. The largest absolute Gasteiger partial charge is 0.484 e. The Hall–Kier alpha value is -8.15. The molecule has 2 atom stereocenters. The van der Waals surface area contributed by atoms with Gasteiger partial charge < -0.3 is 42.3 Å². The lowest BCUT2D eigenvalue weighted by molar-refractivity contribution is -0.134. The lowest BCUT2D eigenvalue weighted by Gasteiger charge is -2.34. The van der Waals surface area contributed by atoms with Crippen LogP contribution in [0.3, 0.4) is 0 Å². The number of carbonyl (C=O) groups excluding carboxylic acids is 8. The Morgan fingerprint density at radius 3 is 1.63 bits per heavy atom. The van der Waals surface area contributed by atoms with Crippen LogP contribution in [0.4, 0.5) is 0 Å². The minimum absolute atomic E-state index is 0.0679. The molecular formula is C44H34O18. The second-order valence-corrected chi connectivity index (χ2v) is 13.5. The molecule has 2 unspecified atom stereocenters. The molecule has 0 fully saturated rings. The fraction of sp³-hybridized carbons (Fsp3) is 0.205. The zero-order chi connectivity index (χ0) is 45.2. The third-order valence-electron chi connectivity index (χ3n) is 8.63. The van der Waals surface area contributed by atoms with E-state index in [0.717, 1.165) is 59.7 Å². The number of rotatable bonds is 10. The summed E-state index contributed by atoms with van der Waals surface area (Å²) in [5, 5.41) is -0.403. The van der Waals surface area contributed by atoms with Gasteiger partial charge in [-0.1, -0.05) is 12.1 Å². The average molecular weight is 851 g/mol. The summed E-state index contributed by atoms with van der Waals surface area (Å²) in [4.78, 5) is 115. The third-order valence-corrected chi connectivity index (χ3v) is 8.63. The summed E-state index contributed by atoms with van der Waals surface area (Å²) in [5.74, 6) is -10.3. The predicted octanol–water partition coefficient (Wildman–Crippen LogP) is 6.04. The number of ketones is 1. The van der Waals surface area contributed by atoms with Crippen LogP contribution in [-0.2, 0) is 33.6 Å². The Kier molecular flexibility index (Phi) is 12.3. The summed E-state index contributed by atoms with van der Waals surface area (Å²) in [6, 6.07) is 14.0. The van der Waals surface area contributed by atoms with Gasteiger partial charge in [-0.15, -0.1) is 0 Å². The van der Waals surface area contributed by atoms with E-state index < -0.39 is 93.2 Å². The van der Waals surface area contributed by atoms with E-state index in [2.05, 4.69) is 0 Å². The van der Waals surface area contributed by atoms with Crippen molar-refractivity contribution in [2.45, 2.75) is 60.5 Å². The van der Waals surface area contributed by atoms with Crippen LogP contribution in [0.1, 0.15) is 82.0 Å². The van der Waals surface area contributed by atoms with Gasteiger partial charge in [0.1, 0.15) is 62.9 Å². The Morgan fingerprint density at radius 1 is 0.500 bits per heavy atom. The highest BCUT2D eigenvalue weighted by atomic mass is 16.6. The molecule has 0 aliphatic carbocycles. The smallest absolute Gasteiger partial charge is 0.308 e. The first-order valence-corrected chi connectivity index (χ1v) is 18.4. The zero-order valence-corrected chi connectivity index (χ0v) is 33.9. The fourth-order valence-electron chi connectivity index (χ4n) is 6.64. The molecule has 0 saturated heterocycles. The van der Waals surface area contributed by atoms with Crippen molar-refractivity contribution in [1.82, 2.24) is 0 Å². The van der Waals surface area contributed by atoms with Gasteiger partial charge in [0.05, 0.1) is 11.5 Å². The molecule has 18 nitrogen and oxygen atoms in total. The highest BCUT2D eigenvalue weighted by Crippen LogP contribution is 2.53. The monoisotopic (exact) mass is 850 g/mol. The van der Waals surface area contributed by atoms with Crippen LogP contribution >= 0.6 is 0 Å². The van der Waals surface area contributed by atoms with Crippen molar-refractivity contribution in [3.8, 4) is 57.3 Å². The van der Waals surface area contributed by atoms with Crippen molar-refractivity contribution in [3.63, 3.8) is 0 Å². The summed E-state index contributed by atoms with van der Waals surface area (Å²) in [7, 11) is 0. The summed E-state index contributed by atoms with van der Waals surface area (Å²) in [5.41, 5.74) is -1.65. The summed E-state index contributed by atoms with van der Waals surface area (Å²) in [6.45, 7) is 7.70. The van der Waals surface area contributed by atoms with Gasteiger partial charge in [-0.3, -0.25) is 43.2 Å². The predicted molar refractivity (Wildman–Crippen MR) is 210 cm³/mol. The molecule has 0 radical (unpaired) electrons. The van der Waals surface area contributed by atoms with Crippen molar-refractivity contribution in [2.24, 2.45) is 0 Å². The van der Waals surface area contributed by atoms with Gasteiger partial charge in [-0.2, -0.15) is 0 Å². The molecule has 0 N–H and O–H groups in total. The number of esters is 7. The minimum atomic E-state index is -1.69. The Morgan fingerprint density at radius 2 is 1.03 bits per heavy atom. The van der Waals surface area contributed by atoms with Crippen molar-refractivity contribution >= 4 is 58.5 Å². The number of hydrogen-bond acceptors (Lipinski definition) is 18. The molecule has 2 heterocycles. The van der Waals surface area contributed by atoms with Gasteiger partial charge in [-0.05, 0) is 35.9 Å². The summed E-state index contributed by atoms with van der Waals surface area (Å²) >= 11 is 0. The van der Waals surface area contributed by atoms with Gasteiger partial charge in [0, 0.05) is 78.3 Å². The second kappa shape index (κ2) is 17.6. The molecule has 1 aliphatic heterocycles. The van der Waals surface area contributed by atoms with Crippen LogP contribution in [0.5, 0.6) is 46.0 Å². The Labute approximate surface area is 350 Å². The Balaban J connectivity index is 1.73. The maximum Gasteiger partial charge on any atom is 0.308 e. The van der Waals surface area contributed by atoms with Crippen LogP contribution in [0.15, 0.2) is 75.9 Å².